The molecule has 2 atom stereocenters. The summed E-state index contributed by atoms with van der Waals surface area (Å²) >= 11 is 0. The summed E-state index contributed by atoms with van der Waals surface area (Å²) in [6, 6.07) is 8.21. The van der Waals surface area contributed by atoms with Gasteiger partial charge in [-0.05, 0) is 11.5 Å². The van der Waals surface area contributed by atoms with Crippen LogP contribution in [0.4, 0.5) is 4.79 Å². The molecule has 0 saturated carbocycles. The molecule has 7 nitrogen and oxygen atoms in total. The van der Waals surface area contributed by atoms with E-state index in [2.05, 4.69) is 5.32 Å². The minimum absolute atomic E-state index is 0.0695. The van der Waals surface area contributed by atoms with Crippen LogP contribution in [0, 0.1) is 11.8 Å². The van der Waals surface area contributed by atoms with Crippen LogP contribution in [0.2, 0.25) is 0 Å². The lowest BCUT2D eigenvalue weighted by Gasteiger charge is -2.22. The molecule has 0 saturated heterocycles. The van der Waals surface area contributed by atoms with E-state index >= 15 is 0 Å². The molecule has 7 heteroatoms. The molecule has 0 fully saturated rings. The Balaban J connectivity index is 2.59. The number of benzene rings is 1. The van der Waals surface area contributed by atoms with Crippen LogP contribution in [0.15, 0.2) is 30.3 Å². The van der Waals surface area contributed by atoms with E-state index in [1.807, 2.05) is 18.2 Å². The molecule has 0 aliphatic carbocycles. The quantitative estimate of drug-likeness (QED) is 0.631. The molecule has 0 spiro atoms. The smallest absolute Gasteiger partial charge is 0.408 e. The Morgan fingerprint density at radius 2 is 1.79 bits per heavy atom. The van der Waals surface area contributed by atoms with Crippen LogP contribution in [-0.4, -0.2) is 40.7 Å². The predicted molar refractivity (Wildman–Crippen MR) is 86.2 cm³/mol. The number of aliphatic carboxylic acids is 1. The Morgan fingerprint density at radius 3 is 2.29 bits per heavy atom. The van der Waals surface area contributed by atoms with Crippen molar-refractivity contribution in [1.82, 2.24) is 5.32 Å². The van der Waals surface area contributed by atoms with Crippen LogP contribution in [-0.2, 0) is 20.9 Å². The number of hydrogen-bond donors (Lipinski definition) is 3. The number of rotatable bonds is 9. The van der Waals surface area contributed by atoms with Crippen molar-refractivity contribution in [3.05, 3.63) is 35.9 Å². The van der Waals surface area contributed by atoms with Crippen molar-refractivity contribution in [2.75, 3.05) is 6.61 Å². The minimum Gasteiger partial charge on any atom is -0.481 e. The van der Waals surface area contributed by atoms with E-state index < -0.39 is 36.4 Å². The summed E-state index contributed by atoms with van der Waals surface area (Å²) in [6.07, 6.45) is -1.10. The summed E-state index contributed by atoms with van der Waals surface area (Å²) in [5.74, 6) is -3.13. The summed E-state index contributed by atoms with van der Waals surface area (Å²) in [7, 11) is 0. The maximum Gasteiger partial charge on any atom is 0.408 e. The van der Waals surface area contributed by atoms with Gasteiger partial charge in [-0.25, -0.2) is 4.79 Å². The lowest BCUT2D eigenvalue weighted by Crippen LogP contribution is -2.45. The number of ether oxygens (including phenoxy) is 1. The standard InChI is InChI=1S/C17H23NO6/c1-11(2)15(14(20)8-13(9-19)16(21)22)18-17(23)24-10-12-6-4-3-5-7-12/h3-7,11,13,15,19H,8-10H2,1-2H3,(H,18,23)(H,21,22)/t13-,15-/m0/s1. The maximum absolute atomic E-state index is 12.2. The Morgan fingerprint density at radius 1 is 1.17 bits per heavy atom. The van der Waals surface area contributed by atoms with Gasteiger partial charge in [0.05, 0.1) is 18.6 Å². The van der Waals surface area contributed by atoms with E-state index in [0.29, 0.717) is 0 Å². The first-order chi connectivity index (χ1) is 11.3. The molecule has 0 heterocycles. The molecule has 0 aliphatic heterocycles. The molecule has 1 aromatic carbocycles. The van der Waals surface area contributed by atoms with Crippen LogP contribution in [0.5, 0.6) is 0 Å². The maximum atomic E-state index is 12.2. The van der Waals surface area contributed by atoms with Crippen LogP contribution < -0.4 is 5.32 Å². The minimum atomic E-state index is -1.25. The number of alkyl carbamates (subject to hydrolysis) is 1. The van der Waals surface area contributed by atoms with Gasteiger partial charge >= 0.3 is 12.1 Å². The molecule has 132 valence electrons. The SMILES string of the molecule is CC(C)[C@H](NC(=O)OCc1ccccc1)C(=O)C[C@@H](CO)C(=O)O. The Bertz CT molecular complexity index is 557. The normalized spacial score (nSPS) is 13.2. The first-order valence-corrected chi connectivity index (χ1v) is 7.68. The fourth-order valence-electron chi connectivity index (χ4n) is 2.11. The van der Waals surface area contributed by atoms with Crippen LogP contribution >= 0.6 is 0 Å². The van der Waals surface area contributed by atoms with Gasteiger partial charge in [-0.15, -0.1) is 0 Å². The fraction of sp³-hybridized carbons (Fsp3) is 0.471. The lowest BCUT2D eigenvalue weighted by atomic mass is 9.93. The van der Waals surface area contributed by atoms with Crippen molar-refractivity contribution in [2.24, 2.45) is 11.8 Å². The number of nitrogens with one attached hydrogen (secondary N) is 1. The Kier molecular flexibility index (Phi) is 7.91. The average Bonchev–Trinajstić information content (AvgIpc) is 2.55. The number of amides is 1. The second kappa shape index (κ2) is 9.67. The molecule has 0 radical (unpaired) electrons. The van der Waals surface area contributed by atoms with E-state index in [1.165, 1.54) is 0 Å². The highest BCUT2D eigenvalue weighted by Gasteiger charge is 2.29. The molecule has 1 rings (SSSR count). The zero-order chi connectivity index (χ0) is 18.1. The van der Waals surface area contributed by atoms with Crippen molar-refractivity contribution < 1.29 is 29.3 Å². The third-order valence-corrected chi connectivity index (χ3v) is 3.52. The first kappa shape index (κ1) is 19.6. The van der Waals surface area contributed by atoms with Crippen molar-refractivity contribution >= 4 is 17.8 Å². The van der Waals surface area contributed by atoms with E-state index in [-0.39, 0.29) is 18.9 Å². The van der Waals surface area contributed by atoms with Gasteiger partial charge in [0.25, 0.3) is 0 Å². The van der Waals surface area contributed by atoms with Gasteiger partial charge in [-0.3, -0.25) is 9.59 Å². The van der Waals surface area contributed by atoms with Crippen molar-refractivity contribution in [3.63, 3.8) is 0 Å². The monoisotopic (exact) mass is 337 g/mol. The van der Waals surface area contributed by atoms with Crippen molar-refractivity contribution in [2.45, 2.75) is 32.9 Å². The second-order valence-electron chi connectivity index (χ2n) is 5.82. The van der Waals surface area contributed by atoms with Crippen LogP contribution in [0.1, 0.15) is 25.8 Å². The third-order valence-electron chi connectivity index (χ3n) is 3.52. The number of carboxylic acid groups (broad SMARTS) is 1. The van der Waals surface area contributed by atoms with E-state index in [4.69, 9.17) is 14.9 Å². The number of hydrogen-bond acceptors (Lipinski definition) is 5. The van der Waals surface area contributed by atoms with Gasteiger partial charge in [0.2, 0.25) is 0 Å². The molecule has 0 unspecified atom stereocenters. The molecule has 3 N–H and O–H groups in total. The Labute approximate surface area is 140 Å². The van der Waals surface area contributed by atoms with Crippen LogP contribution in [0.3, 0.4) is 0 Å². The lowest BCUT2D eigenvalue weighted by molar-refractivity contribution is -0.145. The predicted octanol–water partition coefficient (Wildman–Crippen LogP) is 1.59. The molecule has 0 aromatic heterocycles. The van der Waals surface area contributed by atoms with E-state index in [9.17, 15) is 14.4 Å². The van der Waals surface area contributed by atoms with Gasteiger partial charge in [0.1, 0.15) is 6.61 Å². The van der Waals surface area contributed by atoms with E-state index in [0.717, 1.165) is 5.56 Å². The number of ketones is 1. The fourth-order valence-corrected chi connectivity index (χ4v) is 2.11. The number of aliphatic hydroxyl groups is 1. The highest BCUT2D eigenvalue weighted by atomic mass is 16.5. The number of Topliss-reactive ketones (excluding diaryl/α,β-unsaturated/α-hetero) is 1. The second-order valence-corrected chi connectivity index (χ2v) is 5.82. The Hall–Kier alpha value is -2.41. The highest BCUT2D eigenvalue weighted by molar-refractivity contribution is 5.90. The summed E-state index contributed by atoms with van der Waals surface area (Å²) in [5, 5.41) is 20.4. The van der Waals surface area contributed by atoms with Crippen molar-refractivity contribution in [1.29, 1.82) is 0 Å². The molecule has 24 heavy (non-hydrogen) atoms. The summed E-state index contributed by atoms with van der Waals surface area (Å²) in [6.45, 7) is 2.90. The van der Waals surface area contributed by atoms with Gasteiger partial charge in [0, 0.05) is 6.42 Å². The average molecular weight is 337 g/mol. The zero-order valence-corrected chi connectivity index (χ0v) is 13.8. The summed E-state index contributed by atoms with van der Waals surface area (Å²) in [4.78, 5) is 35.0. The van der Waals surface area contributed by atoms with Gasteiger partial charge < -0.3 is 20.3 Å². The molecule has 1 amide bonds. The molecular weight excluding hydrogens is 314 g/mol. The number of carboxylic acids is 1. The first-order valence-electron chi connectivity index (χ1n) is 7.68. The largest absolute Gasteiger partial charge is 0.481 e. The molecular formula is C17H23NO6. The topological polar surface area (TPSA) is 113 Å². The van der Waals surface area contributed by atoms with Gasteiger partial charge in [-0.1, -0.05) is 44.2 Å². The zero-order valence-electron chi connectivity index (χ0n) is 13.8. The summed E-state index contributed by atoms with van der Waals surface area (Å²) < 4.78 is 5.07. The highest BCUT2D eigenvalue weighted by Crippen LogP contribution is 2.12. The van der Waals surface area contributed by atoms with Crippen molar-refractivity contribution in [3.8, 4) is 0 Å². The number of carbonyl (C=O) groups excluding carboxylic acids is 2. The van der Waals surface area contributed by atoms with Gasteiger partial charge in [-0.2, -0.15) is 0 Å². The summed E-state index contributed by atoms with van der Waals surface area (Å²) in [5.41, 5.74) is 0.811. The van der Waals surface area contributed by atoms with Crippen LogP contribution in [0.25, 0.3) is 0 Å². The van der Waals surface area contributed by atoms with E-state index in [1.54, 1.807) is 26.0 Å². The molecule has 0 bridgehead atoms. The molecule has 0 aliphatic rings. The molecule has 1 aromatic rings. The number of aliphatic hydroxyl groups excluding tert-OH is 1. The third kappa shape index (κ3) is 6.37. The number of carbonyl (C=O) groups is 3. The van der Waals surface area contributed by atoms with Gasteiger partial charge in [0.15, 0.2) is 5.78 Å².